The molecule has 0 atom stereocenters. The Morgan fingerprint density at radius 1 is 0.857 bits per heavy atom. The first kappa shape index (κ1) is 13.7. The highest BCUT2D eigenvalue weighted by Gasteiger charge is 2.57. The van der Waals surface area contributed by atoms with Crippen LogP contribution in [0, 0.1) is 0 Å². The fourth-order valence-corrected chi connectivity index (χ4v) is 0.610. The van der Waals surface area contributed by atoms with Crippen molar-refractivity contribution in [1.82, 2.24) is 0 Å². The second-order valence-electron chi connectivity index (χ2n) is 2.11. The van der Waals surface area contributed by atoms with Gasteiger partial charge in [-0.15, -0.1) is 0 Å². The van der Waals surface area contributed by atoms with E-state index >= 15 is 0 Å². The molecule has 0 N–H and O–H groups in total. The fourth-order valence-electron chi connectivity index (χ4n) is 0.323. The molecular formula is C5HBrF8. The summed E-state index contributed by atoms with van der Waals surface area (Å²) in [5, 5.41) is 0. The van der Waals surface area contributed by atoms with Crippen LogP contribution in [0.2, 0.25) is 0 Å². The molecule has 14 heavy (non-hydrogen) atoms. The molecule has 0 radical (unpaired) electrons. The Morgan fingerprint density at radius 2 is 1.21 bits per heavy atom. The van der Waals surface area contributed by atoms with Crippen molar-refractivity contribution >= 4 is 15.9 Å². The average Bonchev–Trinajstić information content (AvgIpc) is 1.80. The van der Waals surface area contributed by atoms with Crippen molar-refractivity contribution in [3.05, 3.63) is 10.6 Å². The molecule has 0 aliphatic rings. The largest absolute Gasteiger partial charge is 0.457 e. The monoisotopic (exact) mass is 292 g/mol. The Hall–Kier alpha value is -0.340. The van der Waals surface area contributed by atoms with Crippen molar-refractivity contribution in [2.75, 3.05) is 0 Å². The van der Waals surface area contributed by atoms with E-state index in [1.54, 1.807) is 15.9 Å². The quantitative estimate of drug-likeness (QED) is 0.640. The Kier molecular flexibility index (Phi) is 3.58. The molecule has 0 heterocycles. The molecule has 0 aliphatic carbocycles. The van der Waals surface area contributed by atoms with Crippen molar-refractivity contribution in [2.45, 2.75) is 18.3 Å². The van der Waals surface area contributed by atoms with E-state index in [-0.39, 0.29) is 0 Å². The van der Waals surface area contributed by atoms with Crippen molar-refractivity contribution in [3.8, 4) is 0 Å². The summed E-state index contributed by atoms with van der Waals surface area (Å²) in [6.45, 7) is 0. The number of halogens is 9. The Morgan fingerprint density at radius 3 is 1.43 bits per heavy atom. The smallest absolute Gasteiger partial charge is 0.191 e. The van der Waals surface area contributed by atoms with Crippen LogP contribution in [0.4, 0.5) is 35.1 Å². The van der Waals surface area contributed by atoms with Gasteiger partial charge >= 0.3 is 18.3 Å². The predicted octanol–water partition coefficient (Wildman–Crippen LogP) is 4.03. The maximum Gasteiger partial charge on any atom is 0.457 e. The molecule has 0 aromatic heterocycles. The van der Waals surface area contributed by atoms with Gasteiger partial charge in [-0.25, -0.2) is 0 Å². The average molecular weight is 293 g/mol. The lowest BCUT2D eigenvalue weighted by molar-refractivity contribution is -0.260. The molecule has 0 aromatic carbocycles. The number of hydrogen-bond donors (Lipinski definition) is 0. The molecule has 0 bridgehead atoms. The van der Waals surface area contributed by atoms with E-state index in [1.807, 2.05) is 0 Å². The SMILES string of the molecule is FC(F)(F)/C(Br)=C/C(F)(F)C(F)(F)F. The molecule has 0 spiro atoms. The van der Waals surface area contributed by atoms with Gasteiger partial charge in [0.1, 0.15) is 4.48 Å². The summed E-state index contributed by atoms with van der Waals surface area (Å²) in [5.74, 6) is -5.51. The van der Waals surface area contributed by atoms with Gasteiger partial charge in [-0.1, -0.05) is 0 Å². The van der Waals surface area contributed by atoms with E-state index in [9.17, 15) is 35.1 Å². The Bertz CT molecular complexity index is 233. The van der Waals surface area contributed by atoms with Gasteiger partial charge in [0.05, 0.1) is 0 Å². The van der Waals surface area contributed by atoms with Gasteiger partial charge in [-0.3, -0.25) is 0 Å². The first-order valence-corrected chi connectivity index (χ1v) is 3.57. The van der Waals surface area contributed by atoms with Gasteiger partial charge in [-0.2, -0.15) is 35.1 Å². The summed E-state index contributed by atoms with van der Waals surface area (Å²) >= 11 is 1.58. The highest BCUT2D eigenvalue weighted by atomic mass is 79.9. The van der Waals surface area contributed by atoms with Crippen LogP contribution in [0.15, 0.2) is 10.6 Å². The van der Waals surface area contributed by atoms with Crippen LogP contribution in [-0.4, -0.2) is 18.3 Å². The van der Waals surface area contributed by atoms with Crippen LogP contribution >= 0.6 is 15.9 Å². The molecule has 0 saturated carbocycles. The van der Waals surface area contributed by atoms with Crippen LogP contribution in [0.5, 0.6) is 0 Å². The molecule has 0 fully saturated rings. The van der Waals surface area contributed by atoms with Crippen molar-refractivity contribution in [2.24, 2.45) is 0 Å². The molecule has 0 rings (SSSR count). The maximum absolute atomic E-state index is 12.0. The summed E-state index contributed by atoms with van der Waals surface area (Å²) < 4.78 is 90.6. The van der Waals surface area contributed by atoms with E-state index in [0.29, 0.717) is 0 Å². The maximum atomic E-state index is 12.0. The van der Waals surface area contributed by atoms with Crippen molar-refractivity contribution < 1.29 is 35.1 Å². The van der Waals surface area contributed by atoms with Crippen LogP contribution in [-0.2, 0) is 0 Å². The zero-order valence-corrected chi connectivity index (χ0v) is 7.57. The molecule has 84 valence electrons. The van der Waals surface area contributed by atoms with Gasteiger partial charge in [-0.05, 0) is 15.9 Å². The first-order valence-electron chi connectivity index (χ1n) is 2.78. The lowest BCUT2D eigenvalue weighted by Gasteiger charge is -2.16. The van der Waals surface area contributed by atoms with Gasteiger partial charge in [0.2, 0.25) is 0 Å². The van der Waals surface area contributed by atoms with E-state index in [0.717, 1.165) is 0 Å². The first-order chi connectivity index (χ1) is 5.88. The normalized spacial score (nSPS) is 15.9. The molecule has 0 saturated heterocycles. The van der Waals surface area contributed by atoms with Gasteiger partial charge < -0.3 is 0 Å². The Balaban J connectivity index is 5.00. The van der Waals surface area contributed by atoms with Crippen LogP contribution in [0.25, 0.3) is 0 Å². The highest BCUT2D eigenvalue weighted by molar-refractivity contribution is 9.11. The fraction of sp³-hybridized carbons (Fsp3) is 0.600. The summed E-state index contributed by atoms with van der Waals surface area (Å²) in [6, 6.07) is 0. The summed E-state index contributed by atoms with van der Waals surface area (Å²) in [6.07, 6.45) is -12.5. The van der Waals surface area contributed by atoms with E-state index in [1.165, 1.54) is 0 Å². The molecular weight excluding hydrogens is 292 g/mol. The summed E-state index contributed by atoms with van der Waals surface area (Å²) in [4.78, 5) is 0. The van der Waals surface area contributed by atoms with Gasteiger partial charge in [0, 0.05) is 6.08 Å². The van der Waals surface area contributed by atoms with E-state index in [4.69, 9.17) is 0 Å². The Labute approximate surface area is 80.7 Å². The second-order valence-corrected chi connectivity index (χ2v) is 2.97. The highest BCUT2D eigenvalue weighted by Crippen LogP contribution is 2.41. The van der Waals surface area contributed by atoms with Crippen molar-refractivity contribution in [3.63, 3.8) is 0 Å². The number of hydrogen-bond acceptors (Lipinski definition) is 0. The van der Waals surface area contributed by atoms with Crippen molar-refractivity contribution in [1.29, 1.82) is 0 Å². The van der Waals surface area contributed by atoms with Gasteiger partial charge in [0.15, 0.2) is 0 Å². The molecule has 0 aliphatic heterocycles. The van der Waals surface area contributed by atoms with Crippen LogP contribution < -0.4 is 0 Å². The minimum absolute atomic E-state index is 1.23. The third-order valence-electron chi connectivity index (χ3n) is 0.957. The number of allylic oxidation sites excluding steroid dienone is 2. The predicted molar refractivity (Wildman–Crippen MR) is 34.1 cm³/mol. The minimum atomic E-state index is -6.04. The minimum Gasteiger partial charge on any atom is -0.191 e. The third-order valence-corrected chi connectivity index (χ3v) is 1.64. The summed E-state index contributed by atoms with van der Waals surface area (Å²) in [7, 11) is 0. The standard InChI is InChI=1S/C5HBrF8/c6-2(4(9,10)11)1-3(7,8)5(12,13)14/h1H/b2-1-. The summed E-state index contributed by atoms with van der Waals surface area (Å²) in [5.41, 5.74) is 0. The topological polar surface area (TPSA) is 0 Å². The molecule has 0 nitrogen and oxygen atoms in total. The van der Waals surface area contributed by atoms with E-state index in [2.05, 4.69) is 0 Å². The second kappa shape index (κ2) is 3.67. The lowest BCUT2D eigenvalue weighted by atomic mass is 10.3. The van der Waals surface area contributed by atoms with E-state index < -0.39 is 28.8 Å². The zero-order valence-electron chi connectivity index (χ0n) is 5.98. The van der Waals surface area contributed by atoms with Gasteiger partial charge in [0.25, 0.3) is 0 Å². The number of rotatable bonds is 1. The molecule has 9 heteroatoms. The molecule has 0 unspecified atom stereocenters. The molecule has 0 amide bonds. The lowest BCUT2D eigenvalue weighted by Crippen LogP contribution is -2.35. The zero-order chi connectivity index (χ0) is 11.8. The third kappa shape index (κ3) is 3.43. The number of alkyl halides is 8. The van der Waals surface area contributed by atoms with Crippen LogP contribution in [0.1, 0.15) is 0 Å². The molecule has 0 aromatic rings. The van der Waals surface area contributed by atoms with Crippen LogP contribution in [0.3, 0.4) is 0 Å².